The maximum atomic E-state index is 11.5. The number of nitrogens with one attached hydrogen (secondary N) is 1. The molecule has 7 nitrogen and oxygen atoms in total. The molecule has 0 heterocycles. The lowest BCUT2D eigenvalue weighted by Crippen LogP contribution is -2.39. The molecule has 2 amide bonds. The lowest BCUT2D eigenvalue weighted by atomic mass is 10.3. The summed E-state index contributed by atoms with van der Waals surface area (Å²) in [5, 5.41) is 11.0. The molecule has 0 aromatic heterocycles. The Kier molecular flexibility index (Phi) is 8.34. The van der Waals surface area contributed by atoms with Crippen LogP contribution in [0.3, 0.4) is 0 Å². The molecular weight excluding hydrogens is 240 g/mol. The van der Waals surface area contributed by atoms with Crippen LogP contribution in [0.2, 0.25) is 0 Å². The summed E-state index contributed by atoms with van der Waals surface area (Å²) in [5.74, 6) is -1.23. The molecule has 0 atom stereocenters. The molecule has 0 aliphatic heterocycles. The number of ether oxygens (including phenoxy) is 1. The Balaban J connectivity index is 3.69. The Morgan fingerprint density at radius 3 is 2.50 bits per heavy atom. The number of carboxylic acids is 1. The number of aliphatic carboxylic acids is 1. The molecule has 0 aliphatic carbocycles. The number of amides is 2. The van der Waals surface area contributed by atoms with Gasteiger partial charge in [-0.3, -0.25) is 9.59 Å². The fraction of sp³-hybridized carbons (Fsp3) is 0.727. The first-order valence-corrected chi connectivity index (χ1v) is 5.83. The number of carboxylic acid groups (broad SMARTS) is 1. The van der Waals surface area contributed by atoms with E-state index < -0.39 is 5.97 Å². The average molecular weight is 260 g/mol. The highest BCUT2D eigenvalue weighted by Crippen LogP contribution is 1.93. The molecule has 0 bridgehead atoms. The standard InChI is InChI=1S/C11H20N2O5/c1-3-18-10(16)6-8-13(2)11(17)12-7-4-5-9(14)15/h3-8H2,1-2H3,(H,12,17)(H,14,15). The number of hydrogen-bond donors (Lipinski definition) is 2. The SMILES string of the molecule is CCOC(=O)CCN(C)C(=O)NCCCC(=O)O. The van der Waals surface area contributed by atoms with Gasteiger partial charge in [-0.1, -0.05) is 0 Å². The van der Waals surface area contributed by atoms with Crippen LogP contribution in [0, 0.1) is 0 Å². The number of urea groups is 1. The minimum atomic E-state index is -0.889. The molecule has 0 spiro atoms. The van der Waals surface area contributed by atoms with Gasteiger partial charge in [0.05, 0.1) is 13.0 Å². The van der Waals surface area contributed by atoms with Crippen molar-refractivity contribution in [3.63, 3.8) is 0 Å². The smallest absolute Gasteiger partial charge is 0.317 e. The Morgan fingerprint density at radius 1 is 1.28 bits per heavy atom. The van der Waals surface area contributed by atoms with E-state index in [2.05, 4.69) is 5.32 Å². The first-order chi connectivity index (χ1) is 8.47. The average Bonchev–Trinajstić information content (AvgIpc) is 2.31. The van der Waals surface area contributed by atoms with E-state index in [1.54, 1.807) is 14.0 Å². The van der Waals surface area contributed by atoms with Crippen LogP contribution in [-0.2, 0) is 14.3 Å². The molecule has 0 fully saturated rings. The van der Waals surface area contributed by atoms with Gasteiger partial charge in [0.25, 0.3) is 0 Å². The first-order valence-electron chi connectivity index (χ1n) is 5.83. The molecule has 0 aromatic carbocycles. The molecule has 0 rings (SSSR count). The summed E-state index contributed by atoms with van der Waals surface area (Å²) in [5.41, 5.74) is 0. The van der Waals surface area contributed by atoms with Gasteiger partial charge in [0.1, 0.15) is 0 Å². The minimum Gasteiger partial charge on any atom is -0.481 e. The van der Waals surface area contributed by atoms with Crippen LogP contribution in [0.4, 0.5) is 4.79 Å². The Labute approximate surface area is 106 Å². The second kappa shape index (κ2) is 9.26. The summed E-state index contributed by atoms with van der Waals surface area (Å²) in [7, 11) is 1.56. The van der Waals surface area contributed by atoms with Crippen molar-refractivity contribution in [3.05, 3.63) is 0 Å². The lowest BCUT2D eigenvalue weighted by molar-refractivity contribution is -0.143. The fourth-order valence-corrected chi connectivity index (χ4v) is 1.16. The highest BCUT2D eigenvalue weighted by molar-refractivity contribution is 5.75. The lowest BCUT2D eigenvalue weighted by Gasteiger charge is -2.17. The van der Waals surface area contributed by atoms with Crippen molar-refractivity contribution in [1.82, 2.24) is 10.2 Å². The largest absolute Gasteiger partial charge is 0.481 e. The molecule has 0 aromatic rings. The maximum Gasteiger partial charge on any atom is 0.317 e. The van der Waals surface area contributed by atoms with Gasteiger partial charge < -0.3 is 20.1 Å². The Hall–Kier alpha value is -1.79. The van der Waals surface area contributed by atoms with E-state index >= 15 is 0 Å². The molecule has 18 heavy (non-hydrogen) atoms. The third-order valence-corrected chi connectivity index (χ3v) is 2.15. The zero-order valence-electron chi connectivity index (χ0n) is 10.8. The van der Waals surface area contributed by atoms with Crippen LogP contribution in [-0.4, -0.2) is 54.7 Å². The van der Waals surface area contributed by atoms with Gasteiger partial charge in [-0.15, -0.1) is 0 Å². The van der Waals surface area contributed by atoms with Crippen molar-refractivity contribution in [2.24, 2.45) is 0 Å². The van der Waals surface area contributed by atoms with Crippen molar-refractivity contribution >= 4 is 18.0 Å². The first kappa shape index (κ1) is 16.2. The van der Waals surface area contributed by atoms with Crippen molar-refractivity contribution in [1.29, 1.82) is 0 Å². The van der Waals surface area contributed by atoms with E-state index in [-0.39, 0.29) is 31.4 Å². The highest BCUT2D eigenvalue weighted by Gasteiger charge is 2.10. The molecule has 0 unspecified atom stereocenters. The van der Waals surface area contributed by atoms with Crippen LogP contribution >= 0.6 is 0 Å². The number of rotatable bonds is 8. The van der Waals surface area contributed by atoms with Gasteiger partial charge in [-0.2, -0.15) is 0 Å². The van der Waals surface area contributed by atoms with Crippen LogP contribution < -0.4 is 5.32 Å². The van der Waals surface area contributed by atoms with E-state index in [0.717, 1.165) is 0 Å². The Bertz CT molecular complexity index is 293. The van der Waals surface area contributed by atoms with Gasteiger partial charge in [0.15, 0.2) is 0 Å². The third-order valence-electron chi connectivity index (χ3n) is 2.15. The summed E-state index contributed by atoms with van der Waals surface area (Å²) >= 11 is 0. The normalized spacial score (nSPS) is 9.67. The van der Waals surface area contributed by atoms with E-state index in [1.165, 1.54) is 4.90 Å². The van der Waals surface area contributed by atoms with Crippen LogP contribution in [0.15, 0.2) is 0 Å². The molecule has 0 saturated heterocycles. The summed E-state index contributed by atoms with van der Waals surface area (Å²) in [6, 6.07) is -0.329. The quantitative estimate of drug-likeness (QED) is 0.488. The summed E-state index contributed by atoms with van der Waals surface area (Å²) < 4.78 is 4.73. The van der Waals surface area contributed by atoms with Gasteiger partial charge in [0.2, 0.25) is 0 Å². The van der Waals surface area contributed by atoms with E-state index in [9.17, 15) is 14.4 Å². The van der Waals surface area contributed by atoms with Gasteiger partial charge >= 0.3 is 18.0 Å². The van der Waals surface area contributed by atoms with Gasteiger partial charge in [-0.25, -0.2) is 4.79 Å². The highest BCUT2D eigenvalue weighted by atomic mass is 16.5. The van der Waals surface area contributed by atoms with Crippen LogP contribution in [0.5, 0.6) is 0 Å². The number of nitrogens with zero attached hydrogens (tertiary/aromatic N) is 1. The molecule has 0 aliphatic rings. The fourth-order valence-electron chi connectivity index (χ4n) is 1.16. The van der Waals surface area contributed by atoms with Crippen LogP contribution in [0.25, 0.3) is 0 Å². The monoisotopic (exact) mass is 260 g/mol. The maximum absolute atomic E-state index is 11.5. The molecular formula is C11H20N2O5. The summed E-state index contributed by atoms with van der Waals surface area (Å²) in [6.07, 6.45) is 0.548. The summed E-state index contributed by atoms with van der Waals surface area (Å²) in [6.45, 7) is 2.61. The van der Waals surface area contributed by atoms with Crippen molar-refractivity contribution < 1.29 is 24.2 Å². The van der Waals surface area contributed by atoms with E-state index in [0.29, 0.717) is 19.6 Å². The minimum absolute atomic E-state index is 0.0207. The second-order valence-electron chi connectivity index (χ2n) is 3.71. The van der Waals surface area contributed by atoms with Crippen molar-refractivity contribution in [2.45, 2.75) is 26.2 Å². The second-order valence-corrected chi connectivity index (χ2v) is 3.71. The van der Waals surface area contributed by atoms with Gasteiger partial charge in [0, 0.05) is 26.6 Å². The molecule has 0 radical (unpaired) electrons. The van der Waals surface area contributed by atoms with E-state index in [4.69, 9.17) is 9.84 Å². The van der Waals surface area contributed by atoms with Crippen molar-refractivity contribution in [3.8, 4) is 0 Å². The predicted octanol–water partition coefficient (Wildman–Crippen LogP) is 0.446. The molecule has 7 heteroatoms. The predicted molar refractivity (Wildman–Crippen MR) is 64.1 cm³/mol. The number of carbonyl (C=O) groups excluding carboxylic acids is 2. The number of esters is 1. The third kappa shape index (κ3) is 8.37. The number of carbonyl (C=O) groups is 3. The zero-order chi connectivity index (χ0) is 14.0. The molecule has 0 saturated carbocycles. The molecule has 104 valence electrons. The topological polar surface area (TPSA) is 95.9 Å². The Morgan fingerprint density at radius 2 is 1.94 bits per heavy atom. The van der Waals surface area contributed by atoms with Gasteiger partial charge in [-0.05, 0) is 13.3 Å². The summed E-state index contributed by atoms with van der Waals surface area (Å²) in [4.78, 5) is 34.1. The van der Waals surface area contributed by atoms with Crippen molar-refractivity contribution in [2.75, 3.05) is 26.7 Å². The molecule has 2 N–H and O–H groups in total. The zero-order valence-corrected chi connectivity index (χ0v) is 10.8. The van der Waals surface area contributed by atoms with Crippen LogP contribution in [0.1, 0.15) is 26.2 Å². The number of hydrogen-bond acceptors (Lipinski definition) is 4. The van der Waals surface area contributed by atoms with E-state index in [1.807, 2.05) is 0 Å².